The van der Waals surface area contributed by atoms with Crippen LogP contribution in [0.15, 0.2) is 24.3 Å². The maximum absolute atomic E-state index is 11.7. The first-order chi connectivity index (χ1) is 11.5. The molecule has 2 N–H and O–H groups in total. The number of hydrogen-bond acceptors (Lipinski definition) is 4. The second-order valence-electron chi connectivity index (χ2n) is 6.20. The third kappa shape index (κ3) is 7.00. The van der Waals surface area contributed by atoms with Crippen molar-refractivity contribution in [2.45, 2.75) is 39.2 Å². The van der Waals surface area contributed by atoms with E-state index in [0.717, 1.165) is 19.3 Å². The molecule has 1 fully saturated rings. The summed E-state index contributed by atoms with van der Waals surface area (Å²) in [5, 5.41) is 5.64. The van der Waals surface area contributed by atoms with Gasteiger partial charge >= 0.3 is 0 Å². The molecule has 0 bridgehead atoms. The summed E-state index contributed by atoms with van der Waals surface area (Å²) in [6, 6.07) is 7.08. The molecular weight excluding hydrogens is 308 g/mol. The van der Waals surface area contributed by atoms with E-state index < -0.39 is 0 Å². The van der Waals surface area contributed by atoms with E-state index in [2.05, 4.69) is 10.6 Å². The van der Waals surface area contributed by atoms with Crippen molar-refractivity contribution in [1.29, 1.82) is 0 Å². The van der Waals surface area contributed by atoms with Crippen LogP contribution < -0.4 is 15.4 Å². The molecule has 1 aromatic carbocycles. The van der Waals surface area contributed by atoms with Gasteiger partial charge in [0.25, 0.3) is 5.91 Å². The summed E-state index contributed by atoms with van der Waals surface area (Å²) in [6.07, 6.45) is 2.90. The molecule has 1 aliphatic rings. The van der Waals surface area contributed by atoms with E-state index in [4.69, 9.17) is 9.47 Å². The van der Waals surface area contributed by atoms with Gasteiger partial charge in [-0.15, -0.1) is 0 Å². The zero-order chi connectivity index (χ0) is 17.4. The molecule has 1 saturated carbocycles. The molecule has 0 heterocycles. The van der Waals surface area contributed by atoms with E-state index in [-0.39, 0.29) is 30.4 Å². The summed E-state index contributed by atoms with van der Waals surface area (Å²) >= 11 is 0. The first-order valence-electron chi connectivity index (χ1n) is 8.46. The van der Waals surface area contributed by atoms with E-state index in [0.29, 0.717) is 24.6 Å². The fraction of sp³-hybridized carbons (Fsp3) is 0.556. The van der Waals surface area contributed by atoms with E-state index in [1.165, 1.54) is 0 Å². The smallest absolute Gasteiger partial charge is 0.257 e. The molecule has 0 radical (unpaired) electrons. The van der Waals surface area contributed by atoms with Crippen molar-refractivity contribution >= 4 is 17.5 Å². The summed E-state index contributed by atoms with van der Waals surface area (Å²) < 4.78 is 10.9. The Morgan fingerprint density at radius 1 is 1.29 bits per heavy atom. The van der Waals surface area contributed by atoms with Gasteiger partial charge in [-0.25, -0.2) is 0 Å². The summed E-state index contributed by atoms with van der Waals surface area (Å²) in [5.41, 5.74) is 0.690. The second-order valence-corrected chi connectivity index (χ2v) is 6.20. The topological polar surface area (TPSA) is 76.7 Å². The Bertz CT molecular complexity index is 556. The van der Waals surface area contributed by atoms with Gasteiger partial charge in [0.05, 0.1) is 6.10 Å². The molecule has 1 aliphatic carbocycles. The first kappa shape index (κ1) is 18.3. The van der Waals surface area contributed by atoms with Crippen molar-refractivity contribution in [2.24, 2.45) is 5.92 Å². The molecule has 0 atom stereocenters. The minimum absolute atomic E-state index is 0.0495. The number of hydrogen-bond donors (Lipinski definition) is 2. The van der Waals surface area contributed by atoms with Gasteiger partial charge in [0.1, 0.15) is 5.75 Å². The van der Waals surface area contributed by atoms with Crippen LogP contribution in [-0.2, 0) is 14.3 Å². The summed E-state index contributed by atoms with van der Waals surface area (Å²) in [6.45, 7) is 5.10. The lowest BCUT2D eigenvalue weighted by Crippen LogP contribution is -2.30. The standard InChI is InChI=1S/C18H26N2O4/c1-13(2)23-10-4-9-19-17(21)12-24-16-6-3-5-15(11-16)20-18(22)14-7-8-14/h3,5-6,11,13-14H,4,7-10,12H2,1-2H3,(H,19,21)(H,20,22). The number of ether oxygens (including phenoxy) is 2. The highest BCUT2D eigenvalue weighted by Crippen LogP contribution is 2.30. The minimum Gasteiger partial charge on any atom is -0.484 e. The maximum Gasteiger partial charge on any atom is 0.257 e. The van der Waals surface area contributed by atoms with Crippen molar-refractivity contribution in [3.63, 3.8) is 0 Å². The molecule has 0 unspecified atom stereocenters. The van der Waals surface area contributed by atoms with E-state index in [1.807, 2.05) is 19.9 Å². The van der Waals surface area contributed by atoms with Crippen LogP contribution in [-0.4, -0.2) is 37.7 Å². The average molecular weight is 334 g/mol. The Balaban J connectivity index is 1.65. The van der Waals surface area contributed by atoms with Crippen LogP contribution >= 0.6 is 0 Å². The third-order valence-electron chi connectivity index (χ3n) is 3.51. The predicted molar refractivity (Wildman–Crippen MR) is 92.0 cm³/mol. The van der Waals surface area contributed by atoms with Crippen molar-refractivity contribution in [2.75, 3.05) is 25.1 Å². The molecule has 0 aromatic heterocycles. The monoisotopic (exact) mass is 334 g/mol. The van der Waals surface area contributed by atoms with E-state index >= 15 is 0 Å². The highest BCUT2D eigenvalue weighted by molar-refractivity contribution is 5.94. The van der Waals surface area contributed by atoms with Crippen molar-refractivity contribution in [3.05, 3.63) is 24.3 Å². The fourth-order valence-electron chi connectivity index (χ4n) is 2.07. The van der Waals surface area contributed by atoms with E-state index in [1.54, 1.807) is 18.2 Å². The number of anilines is 1. The number of carbonyl (C=O) groups is 2. The zero-order valence-corrected chi connectivity index (χ0v) is 14.3. The van der Waals surface area contributed by atoms with Gasteiger partial charge in [0, 0.05) is 30.8 Å². The lowest BCUT2D eigenvalue weighted by Gasteiger charge is -2.10. The SMILES string of the molecule is CC(C)OCCCNC(=O)COc1cccc(NC(=O)C2CC2)c1. The van der Waals surface area contributed by atoms with Gasteiger partial charge in [0.2, 0.25) is 5.91 Å². The molecule has 2 rings (SSSR count). The minimum atomic E-state index is -0.174. The van der Waals surface area contributed by atoms with Gasteiger partial charge in [-0.1, -0.05) is 6.07 Å². The summed E-state index contributed by atoms with van der Waals surface area (Å²) in [5.74, 6) is 0.586. The zero-order valence-electron chi connectivity index (χ0n) is 14.3. The first-order valence-corrected chi connectivity index (χ1v) is 8.46. The van der Waals surface area contributed by atoms with Crippen LogP contribution in [0.5, 0.6) is 5.75 Å². The lowest BCUT2D eigenvalue weighted by atomic mass is 10.3. The van der Waals surface area contributed by atoms with Crippen LogP contribution in [0.2, 0.25) is 0 Å². The molecule has 0 saturated heterocycles. The molecule has 6 nitrogen and oxygen atoms in total. The molecule has 0 spiro atoms. The Morgan fingerprint density at radius 2 is 2.08 bits per heavy atom. The molecule has 132 valence electrons. The fourth-order valence-corrected chi connectivity index (χ4v) is 2.07. The largest absolute Gasteiger partial charge is 0.484 e. The normalized spacial score (nSPS) is 13.6. The number of benzene rings is 1. The Morgan fingerprint density at radius 3 is 2.79 bits per heavy atom. The molecule has 6 heteroatoms. The van der Waals surface area contributed by atoms with Gasteiger partial charge in [-0.05, 0) is 45.2 Å². The molecule has 0 aliphatic heterocycles. The highest BCUT2D eigenvalue weighted by Gasteiger charge is 2.29. The summed E-state index contributed by atoms with van der Waals surface area (Å²) in [4.78, 5) is 23.5. The van der Waals surface area contributed by atoms with Crippen LogP contribution in [0.25, 0.3) is 0 Å². The number of carbonyl (C=O) groups excluding carboxylic acids is 2. The molecule has 24 heavy (non-hydrogen) atoms. The van der Waals surface area contributed by atoms with Crippen LogP contribution in [0.1, 0.15) is 33.1 Å². The van der Waals surface area contributed by atoms with Gasteiger partial charge in [0.15, 0.2) is 6.61 Å². The van der Waals surface area contributed by atoms with Crippen molar-refractivity contribution in [3.8, 4) is 5.75 Å². The predicted octanol–water partition coefficient (Wildman–Crippen LogP) is 2.35. The maximum atomic E-state index is 11.7. The Labute approximate surface area is 142 Å². The lowest BCUT2D eigenvalue weighted by molar-refractivity contribution is -0.123. The van der Waals surface area contributed by atoms with Crippen molar-refractivity contribution in [1.82, 2.24) is 5.32 Å². The summed E-state index contributed by atoms with van der Waals surface area (Å²) in [7, 11) is 0. The molecular formula is C18H26N2O4. The Hall–Kier alpha value is -2.08. The number of amides is 2. The van der Waals surface area contributed by atoms with Gasteiger partial charge < -0.3 is 20.1 Å². The van der Waals surface area contributed by atoms with Gasteiger partial charge in [-0.2, -0.15) is 0 Å². The Kier molecular flexibility index (Phi) is 7.06. The number of nitrogens with one attached hydrogen (secondary N) is 2. The quantitative estimate of drug-likeness (QED) is 0.644. The van der Waals surface area contributed by atoms with E-state index in [9.17, 15) is 9.59 Å². The van der Waals surface area contributed by atoms with Crippen molar-refractivity contribution < 1.29 is 19.1 Å². The second kappa shape index (κ2) is 9.27. The van der Waals surface area contributed by atoms with Crippen LogP contribution in [0.3, 0.4) is 0 Å². The van der Waals surface area contributed by atoms with Crippen LogP contribution in [0, 0.1) is 5.92 Å². The molecule has 1 aromatic rings. The van der Waals surface area contributed by atoms with Crippen LogP contribution in [0.4, 0.5) is 5.69 Å². The molecule has 2 amide bonds. The highest BCUT2D eigenvalue weighted by atomic mass is 16.5. The average Bonchev–Trinajstić information content (AvgIpc) is 3.37. The number of rotatable bonds is 10. The third-order valence-corrected chi connectivity index (χ3v) is 3.51. The van der Waals surface area contributed by atoms with Gasteiger partial charge in [-0.3, -0.25) is 9.59 Å².